The van der Waals surface area contributed by atoms with E-state index in [-0.39, 0.29) is 18.0 Å². The lowest BCUT2D eigenvalue weighted by Gasteiger charge is -2.30. The quantitative estimate of drug-likeness (QED) is 0.764. The van der Waals surface area contributed by atoms with Gasteiger partial charge in [-0.25, -0.2) is 4.79 Å². The van der Waals surface area contributed by atoms with Gasteiger partial charge in [0.25, 0.3) is 0 Å². The standard InChI is InChI=1S/C19H29N3O3S/c1-3-21(4-2)16(14-7-9-26-12-14)10-20-18(25)22-11-15-6-5-8-19(15,13-22)17(23)24/h7,9,12,15-16H,3-6,8,10-11,13H2,1-2H3,(H,20,25)(H,23,24)/t15-,16?,19+/m0/s1. The molecule has 2 amide bonds. The lowest BCUT2D eigenvalue weighted by Crippen LogP contribution is -2.45. The molecule has 2 aliphatic rings. The third-order valence-corrected chi connectivity index (χ3v) is 6.91. The summed E-state index contributed by atoms with van der Waals surface area (Å²) in [5.41, 5.74) is 0.502. The molecule has 1 unspecified atom stereocenters. The summed E-state index contributed by atoms with van der Waals surface area (Å²) >= 11 is 1.66. The molecule has 144 valence electrons. The minimum Gasteiger partial charge on any atom is -0.481 e. The minimum absolute atomic E-state index is 0.0983. The van der Waals surface area contributed by atoms with Gasteiger partial charge in [0.15, 0.2) is 0 Å². The summed E-state index contributed by atoms with van der Waals surface area (Å²) in [6.07, 6.45) is 2.55. The molecule has 0 spiro atoms. The Morgan fingerprint density at radius 1 is 1.46 bits per heavy atom. The molecule has 0 bridgehead atoms. The van der Waals surface area contributed by atoms with Gasteiger partial charge in [-0.15, -0.1) is 0 Å². The van der Waals surface area contributed by atoms with Crippen LogP contribution in [0, 0.1) is 11.3 Å². The molecule has 1 aromatic heterocycles. The Morgan fingerprint density at radius 3 is 2.81 bits per heavy atom. The van der Waals surface area contributed by atoms with Gasteiger partial charge in [-0.3, -0.25) is 9.69 Å². The number of likely N-dealkylation sites (tertiary alicyclic amines) is 1. The van der Waals surface area contributed by atoms with Crippen molar-refractivity contribution in [3.8, 4) is 0 Å². The number of thiophene rings is 1. The highest BCUT2D eigenvalue weighted by Crippen LogP contribution is 2.48. The van der Waals surface area contributed by atoms with E-state index in [4.69, 9.17) is 0 Å². The fraction of sp³-hybridized carbons (Fsp3) is 0.684. The first-order chi connectivity index (χ1) is 12.5. The van der Waals surface area contributed by atoms with Crippen LogP contribution in [0.3, 0.4) is 0 Å². The zero-order chi connectivity index (χ0) is 18.7. The van der Waals surface area contributed by atoms with Crippen molar-refractivity contribution in [1.29, 1.82) is 0 Å². The molecule has 1 saturated heterocycles. The number of nitrogens with one attached hydrogen (secondary N) is 1. The lowest BCUT2D eigenvalue weighted by atomic mass is 9.81. The van der Waals surface area contributed by atoms with Crippen molar-refractivity contribution >= 4 is 23.3 Å². The third-order valence-electron chi connectivity index (χ3n) is 6.21. The van der Waals surface area contributed by atoms with Gasteiger partial charge in [0.1, 0.15) is 0 Å². The number of urea groups is 1. The molecular formula is C19H29N3O3S. The average Bonchev–Trinajstić information content (AvgIpc) is 3.33. The summed E-state index contributed by atoms with van der Waals surface area (Å²) in [7, 11) is 0. The van der Waals surface area contributed by atoms with E-state index >= 15 is 0 Å². The largest absolute Gasteiger partial charge is 0.481 e. The van der Waals surface area contributed by atoms with Crippen LogP contribution in [0.4, 0.5) is 4.79 Å². The van der Waals surface area contributed by atoms with Crippen molar-refractivity contribution in [3.05, 3.63) is 22.4 Å². The Balaban J connectivity index is 1.63. The Morgan fingerprint density at radius 2 is 2.23 bits per heavy atom. The number of carboxylic acid groups (broad SMARTS) is 1. The zero-order valence-electron chi connectivity index (χ0n) is 15.6. The number of hydrogen-bond acceptors (Lipinski definition) is 4. The maximum absolute atomic E-state index is 12.7. The smallest absolute Gasteiger partial charge is 0.317 e. The van der Waals surface area contributed by atoms with Gasteiger partial charge in [-0.1, -0.05) is 20.3 Å². The second kappa shape index (κ2) is 7.96. The molecule has 2 heterocycles. The highest BCUT2D eigenvalue weighted by atomic mass is 32.1. The van der Waals surface area contributed by atoms with Crippen LogP contribution in [-0.4, -0.2) is 59.6 Å². The number of carboxylic acids is 1. The van der Waals surface area contributed by atoms with Gasteiger partial charge in [0, 0.05) is 19.6 Å². The monoisotopic (exact) mass is 379 g/mol. The number of amides is 2. The van der Waals surface area contributed by atoms with Crippen LogP contribution < -0.4 is 5.32 Å². The summed E-state index contributed by atoms with van der Waals surface area (Å²) in [5, 5.41) is 16.9. The summed E-state index contributed by atoms with van der Waals surface area (Å²) in [6.45, 7) is 7.53. The predicted molar refractivity (Wildman–Crippen MR) is 102 cm³/mol. The van der Waals surface area contributed by atoms with Crippen LogP contribution in [-0.2, 0) is 4.79 Å². The molecule has 1 aliphatic carbocycles. The summed E-state index contributed by atoms with van der Waals surface area (Å²) in [5.74, 6) is -0.643. The van der Waals surface area contributed by atoms with Crippen LogP contribution in [0.2, 0.25) is 0 Å². The molecule has 6 nitrogen and oxygen atoms in total. The molecule has 1 saturated carbocycles. The molecule has 26 heavy (non-hydrogen) atoms. The van der Waals surface area contributed by atoms with Gasteiger partial charge in [-0.05, 0) is 54.2 Å². The molecule has 1 aliphatic heterocycles. The number of aliphatic carboxylic acids is 1. The average molecular weight is 380 g/mol. The van der Waals surface area contributed by atoms with Gasteiger partial charge in [0.05, 0.1) is 11.5 Å². The molecular weight excluding hydrogens is 350 g/mol. The van der Waals surface area contributed by atoms with E-state index in [0.29, 0.717) is 26.1 Å². The second-order valence-corrected chi connectivity index (χ2v) is 8.19. The second-order valence-electron chi connectivity index (χ2n) is 7.41. The van der Waals surface area contributed by atoms with E-state index in [1.165, 1.54) is 5.56 Å². The van der Waals surface area contributed by atoms with Crippen molar-refractivity contribution < 1.29 is 14.7 Å². The molecule has 1 aromatic rings. The Kier molecular flexibility index (Phi) is 5.87. The van der Waals surface area contributed by atoms with E-state index in [2.05, 4.69) is 40.9 Å². The first-order valence-electron chi connectivity index (χ1n) is 9.54. The highest BCUT2D eigenvalue weighted by Gasteiger charge is 2.55. The fourth-order valence-electron chi connectivity index (χ4n) is 4.68. The number of nitrogens with zero attached hydrogens (tertiary/aromatic N) is 2. The lowest BCUT2D eigenvalue weighted by molar-refractivity contribution is -0.149. The van der Waals surface area contributed by atoms with E-state index in [9.17, 15) is 14.7 Å². The molecule has 7 heteroatoms. The Bertz CT molecular complexity index is 632. The SMILES string of the molecule is CCN(CC)C(CNC(=O)N1C[C@@H]2CCC[C@@]2(C(=O)O)C1)c1ccsc1. The normalized spacial score (nSPS) is 26.1. The Labute approximate surface area is 159 Å². The summed E-state index contributed by atoms with van der Waals surface area (Å²) < 4.78 is 0. The van der Waals surface area contributed by atoms with Crippen molar-refractivity contribution in [2.45, 2.75) is 39.2 Å². The fourth-order valence-corrected chi connectivity index (χ4v) is 5.38. The number of rotatable bonds is 7. The molecule has 2 fully saturated rings. The van der Waals surface area contributed by atoms with Crippen LogP contribution in [0.15, 0.2) is 16.8 Å². The van der Waals surface area contributed by atoms with E-state index in [1.54, 1.807) is 16.2 Å². The van der Waals surface area contributed by atoms with Crippen molar-refractivity contribution in [2.75, 3.05) is 32.7 Å². The first kappa shape index (κ1) is 19.2. The zero-order valence-corrected chi connectivity index (χ0v) is 16.4. The highest BCUT2D eigenvalue weighted by molar-refractivity contribution is 7.07. The summed E-state index contributed by atoms with van der Waals surface area (Å²) in [4.78, 5) is 28.6. The predicted octanol–water partition coefficient (Wildman–Crippen LogP) is 3.03. The number of fused-ring (bicyclic) bond motifs is 1. The maximum atomic E-state index is 12.7. The number of carbonyl (C=O) groups is 2. The van der Waals surface area contributed by atoms with E-state index in [1.807, 2.05) is 0 Å². The maximum Gasteiger partial charge on any atom is 0.317 e. The van der Waals surface area contributed by atoms with Gasteiger partial charge in [0.2, 0.25) is 0 Å². The van der Waals surface area contributed by atoms with Crippen LogP contribution in [0.5, 0.6) is 0 Å². The molecule has 3 rings (SSSR count). The topological polar surface area (TPSA) is 72.9 Å². The van der Waals surface area contributed by atoms with Gasteiger partial charge in [-0.2, -0.15) is 11.3 Å². The summed E-state index contributed by atoms with van der Waals surface area (Å²) in [6, 6.07) is 2.13. The van der Waals surface area contributed by atoms with E-state index in [0.717, 1.165) is 25.9 Å². The number of likely N-dealkylation sites (N-methyl/N-ethyl adjacent to an activating group) is 1. The molecule has 3 atom stereocenters. The van der Waals surface area contributed by atoms with E-state index < -0.39 is 11.4 Å². The van der Waals surface area contributed by atoms with Crippen LogP contribution >= 0.6 is 11.3 Å². The van der Waals surface area contributed by atoms with Crippen molar-refractivity contribution in [3.63, 3.8) is 0 Å². The van der Waals surface area contributed by atoms with Crippen LogP contribution in [0.1, 0.15) is 44.7 Å². The van der Waals surface area contributed by atoms with Crippen molar-refractivity contribution in [1.82, 2.24) is 15.1 Å². The van der Waals surface area contributed by atoms with Crippen molar-refractivity contribution in [2.24, 2.45) is 11.3 Å². The minimum atomic E-state index is -0.741. The molecule has 0 radical (unpaired) electrons. The van der Waals surface area contributed by atoms with Crippen LogP contribution in [0.25, 0.3) is 0 Å². The number of hydrogen-bond donors (Lipinski definition) is 2. The number of carbonyl (C=O) groups excluding carboxylic acids is 1. The molecule has 2 N–H and O–H groups in total. The Hall–Kier alpha value is -1.60. The van der Waals surface area contributed by atoms with Gasteiger partial charge >= 0.3 is 12.0 Å². The van der Waals surface area contributed by atoms with Gasteiger partial charge < -0.3 is 15.3 Å². The molecule has 0 aromatic carbocycles. The first-order valence-corrected chi connectivity index (χ1v) is 10.5. The third kappa shape index (κ3) is 3.47.